The maximum Gasteiger partial charge on any atom is 0.308 e. The number of allylic oxidation sites excluding steroid dienone is 6. The Hall–Kier alpha value is -5.18. The second kappa shape index (κ2) is 111. The van der Waals surface area contributed by atoms with Crippen LogP contribution in [0.15, 0.2) is 36.5 Å². The van der Waals surface area contributed by atoms with E-state index in [9.17, 15) is 38.4 Å². The minimum atomic E-state index is -1.30. The van der Waals surface area contributed by atoms with E-state index in [1.165, 1.54) is 347 Å². The molecular formula is C130H240N2O18. The fourth-order valence-electron chi connectivity index (χ4n) is 20.1. The second-order valence-corrected chi connectivity index (χ2v) is 45.2. The van der Waals surface area contributed by atoms with E-state index in [2.05, 4.69) is 78.0 Å². The average molecular weight is 2120 g/mol. The van der Waals surface area contributed by atoms with E-state index in [-0.39, 0.29) is 64.6 Å². The van der Waals surface area contributed by atoms with Gasteiger partial charge in [0.1, 0.15) is 25.4 Å². The Morgan fingerprint density at radius 3 is 0.500 bits per heavy atom. The molecule has 0 aromatic rings. The summed E-state index contributed by atoms with van der Waals surface area (Å²) in [7, 11) is 7.82. The third-order valence-corrected chi connectivity index (χ3v) is 29.8. The molecule has 0 N–H and O–H groups in total. The molecule has 8 atom stereocenters. The molecular weight excluding hydrogens is 1880 g/mol. The zero-order valence-electron chi connectivity index (χ0n) is 99.6. The van der Waals surface area contributed by atoms with Crippen molar-refractivity contribution in [1.82, 2.24) is 9.80 Å². The van der Waals surface area contributed by atoms with Crippen LogP contribution in [0.4, 0.5) is 0 Å². The average Bonchev–Trinajstić information content (AvgIpc) is 1.66. The first-order valence-electron chi connectivity index (χ1n) is 64.5. The Morgan fingerprint density at radius 1 is 0.180 bits per heavy atom. The lowest BCUT2D eigenvalue weighted by Gasteiger charge is -2.24. The number of rotatable bonds is 111. The van der Waals surface area contributed by atoms with E-state index in [0.29, 0.717) is 51.4 Å². The predicted molar refractivity (Wildman–Crippen MR) is 624 cm³/mol. The molecule has 0 aliphatic carbocycles. The van der Waals surface area contributed by atoms with Crippen LogP contribution in [0.25, 0.3) is 0 Å². The van der Waals surface area contributed by atoms with Crippen molar-refractivity contribution in [2.45, 2.75) is 694 Å². The standard InChI is InChI=1S/C65H123NO9.C65H117NO9/c2*1-6-9-12-15-18-21-24-27-30-33-36-39-42-45-48-52-60(68)73-63-58(57-71-59(67)55-51-56-66(4)5)72-65(75-62(70)54-50-47-44-41-38-35-32-29-26-23-20-17-14-11-8-3)64(63)74-61(69)53-49-46-43-40-37-34-31-28-25-22-19-16-13-10-7-2/h58,63-65H,6-57H2,1-5H3;27-32,58,63-65H,6-26,33-57H2,1-5H3/b;30-27-,31-28-,32-29-/t2*58-,63?,64+,65+/m11/s1. The van der Waals surface area contributed by atoms with Gasteiger partial charge in [0.2, 0.25) is 24.8 Å². The summed E-state index contributed by atoms with van der Waals surface area (Å²) < 4.78 is 60.0. The van der Waals surface area contributed by atoms with Crippen molar-refractivity contribution in [2.24, 2.45) is 0 Å². The van der Waals surface area contributed by atoms with E-state index in [4.69, 9.17) is 47.4 Å². The number of ether oxygens (including phenoxy) is 10. The summed E-state index contributed by atoms with van der Waals surface area (Å²) >= 11 is 0. The number of nitrogens with zero attached hydrogens (tertiary/aromatic N) is 2. The highest BCUT2D eigenvalue weighted by Crippen LogP contribution is 2.34. The Labute approximate surface area is 923 Å². The molecule has 150 heavy (non-hydrogen) atoms. The molecule has 878 valence electrons. The zero-order chi connectivity index (χ0) is 109. The molecule has 2 heterocycles. The first-order valence-corrected chi connectivity index (χ1v) is 64.5. The molecule has 2 unspecified atom stereocenters. The van der Waals surface area contributed by atoms with Gasteiger partial charge >= 0.3 is 47.8 Å². The van der Waals surface area contributed by atoms with E-state index < -0.39 is 97.0 Å². The van der Waals surface area contributed by atoms with Crippen molar-refractivity contribution in [3.05, 3.63) is 36.5 Å². The van der Waals surface area contributed by atoms with Gasteiger partial charge in [0, 0.05) is 51.4 Å². The molecule has 0 saturated carbocycles. The largest absolute Gasteiger partial charge is 0.463 e. The van der Waals surface area contributed by atoms with Crippen LogP contribution in [0.1, 0.15) is 645 Å². The van der Waals surface area contributed by atoms with Crippen LogP contribution in [0.5, 0.6) is 0 Å². The van der Waals surface area contributed by atoms with Gasteiger partial charge in [-0.3, -0.25) is 38.4 Å². The maximum absolute atomic E-state index is 13.6. The highest BCUT2D eigenvalue weighted by Gasteiger charge is 2.54. The van der Waals surface area contributed by atoms with Crippen molar-refractivity contribution in [3.8, 4) is 0 Å². The van der Waals surface area contributed by atoms with Crippen LogP contribution in [-0.2, 0) is 85.7 Å². The van der Waals surface area contributed by atoms with Crippen LogP contribution in [0.3, 0.4) is 0 Å². The fourth-order valence-corrected chi connectivity index (χ4v) is 20.1. The Bertz CT molecular complexity index is 3120. The van der Waals surface area contributed by atoms with E-state index >= 15 is 0 Å². The van der Waals surface area contributed by atoms with Crippen LogP contribution in [0, 0.1) is 0 Å². The van der Waals surface area contributed by atoms with Crippen molar-refractivity contribution in [2.75, 3.05) is 54.5 Å². The molecule has 2 rings (SSSR count). The Balaban J connectivity index is 0.00000150. The summed E-state index contributed by atoms with van der Waals surface area (Å²) in [6, 6.07) is 0. The van der Waals surface area contributed by atoms with E-state index in [1.807, 2.05) is 38.0 Å². The summed E-state index contributed by atoms with van der Waals surface area (Å²) in [4.78, 5) is 111. The summed E-state index contributed by atoms with van der Waals surface area (Å²) in [5, 5.41) is 0. The van der Waals surface area contributed by atoms with Crippen molar-refractivity contribution >= 4 is 47.8 Å². The number of unbranched alkanes of at least 4 members (excludes halogenated alkanes) is 75. The molecule has 0 aromatic heterocycles. The molecule has 0 aromatic carbocycles. The van der Waals surface area contributed by atoms with Crippen LogP contribution >= 0.6 is 0 Å². The van der Waals surface area contributed by atoms with Gasteiger partial charge in [-0.2, -0.15) is 0 Å². The van der Waals surface area contributed by atoms with Gasteiger partial charge in [-0.15, -0.1) is 0 Å². The molecule has 2 aliphatic heterocycles. The van der Waals surface area contributed by atoms with Gasteiger partial charge in [-0.25, -0.2) is 0 Å². The highest BCUT2D eigenvalue weighted by atomic mass is 16.8. The maximum atomic E-state index is 13.6. The normalized spacial score (nSPS) is 16.6. The van der Waals surface area contributed by atoms with Gasteiger partial charge in [0.05, 0.1) is 0 Å². The van der Waals surface area contributed by atoms with Gasteiger partial charge in [-0.1, -0.05) is 502 Å². The number of carbonyl (C=O) groups excluding carboxylic acids is 8. The number of hydrogen-bond donors (Lipinski definition) is 0. The summed E-state index contributed by atoms with van der Waals surface area (Å²) in [5.74, 6) is -3.46. The lowest BCUT2D eigenvalue weighted by Crippen LogP contribution is -2.42. The topological polar surface area (TPSA) is 235 Å². The van der Waals surface area contributed by atoms with Crippen LogP contribution in [0.2, 0.25) is 0 Å². The molecule has 0 bridgehead atoms. The lowest BCUT2D eigenvalue weighted by atomic mass is 10.0. The van der Waals surface area contributed by atoms with Gasteiger partial charge < -0.3 is 57.2 Å². The number of hydrogen-bond acceptors (Lipinski definition) is 20. The van der Waals surface area contributed by atoms with Gasteiger partial charge in [0.15, 0.2) is 12.2 Å². The fraction of sp³-hybridized carbons (Fsp3) is 0.892. The van der Waals surface area contributed by atoms with Crippen LogP contribution in [-0.4, -0.2) is 161 Å². The minimum absolute atomic E-state index is 0.186. The monoisotopic (exact) mass is 2120 g/mol. The minimum Gasteiger partial charge on any atom is -0.463 e. The smallest absolute Gasteiger partial charge is 0.308 e. The molecule has 20 nitrogen and oxygen atoms in total. The number of esters is 8. The first-order chi connectivity index (χ1) is 73.4. The molecule has 2 saturated heterocycles. The Morgan fingerprint density at radius 2 is 0.327 bits per heavy atom. The summed E-state index contributed by atoms with van der Waals surface area (Å²) in [6.45, 7) is 14.6. The number of carbonyl (C=O) groups is 8. The second-order valence-electron chi connectivity index (χ2n) is 45.2. The predicted octanol–water partition coefficient (Wildman–Crippen LogP) is 36.8. The van der Waals surface area contributed by atoms with Crippen molar-refractivity contribution < 1.29 is 85.7 Å². The zero-order valence-corrected chi connectivity index (χ0v) is 99.6. The highest BCUT2D eigenvalue weighted by molar-refractivity contribution is 5.73. The molecule has 2 fully saturated rings. The summed E-state index contributed by atoms with van der Waals surface area (Å²) in [5.41, 5.74) is 0. The van der Waals surface area contributed by atoms with Crippen molar-refractivity contribution in [3.63, 3.8) is 0 Å². The van der Waals surface area contributed by atoms with Gasteiger partial charge in [-0.05, 0) is 170 Å². The molecule has 0 radical (unpaired) electrons. The van der Waals surface area contributed by atoms with Crippen LogP contribution < -0.4 is 0 Å². The molecule has 20 heteroatoms. The Kier molecular flexibility index (Phi) is 105. The summed E-state index contributed by atoms with van der Waals surface area (Å²) in [6.07, 6.45) is 108. The first kappa shape index (κ1) is 143. The molecule has 0 spiro atoms. The molecule has 0 amide bonds. The quantitative estimate of drug-likeness (QED) is 0.0238. The van der Waals surface area contributed by atoms with E-state index in [1.54, 1.807) is 0 Å². The third kappa shape index (κ3) is 94.0. The SMILES string of the molecule is CCCCCCCC/C=C\CCCCCCCC(=O)OC1[C@@H](COC(=O)CCCN(C)C)O[C@@H](OC(=O)CCCCCCC/C=C\CCCCCCCC)[C@H]1OC(=O)CCCCCCC/C=C\CCCCCCCC.CCCCCCCCCCCCCCCCCC(=O)OC1[C@@H](COC(=O)CCCN(C)C)O[C@@H](OC(=O)CCCCCCCCCCCCCCCCC)[C@H]1OC(=O)CCCCCCCCCCCCCCCCC. The van der Waals surface area contributed by atoms with Crippen molar-refractivity contribution in [1.29, 1.82) is 0 Å². The third-order valence-electron chi connectivity index (χ3n) is 29.8. The molecule has 2 aliphatic rings. The lowest BCUT2D eigenvalue weighted by molar-refractivity contribution is -0.200. The van der Waals surface area contributed by atoms with E-state index in [0.717, 1.165) is 167 Å². The van der Waals surface area contributed by atoms with Gasteiger partial charge in [0.25, 0.3) is 0 Å².